The van der Waals surface area contributed by atoms with E-state index in [9.17, 15) is 4.79 Å². The number of carbonyl (C=O) groups is 1. The van der Waals surface area contributed by atoms with E-state index in [0.717, 1.165) is 23.5 Å². The predicted octanol–water partition coefficient (Wildman–Crippen LogP) is 3.18. The van der Waals surface area contributed by atoms with E-state index in [4.69, 9.17) is 4.74 Å². The van der Waals surface area contributed by atoms with Crippen molar-refractivity contribution in [3.05, 3.63) is 41.2 Å². The van der Waals surface area contributed by atoms with Crippen LogP contribution < -0.4 is 10.1 Å². The molecule has 1 amide bonds. The lowest BCUT2D eigenvalue weighted by Gasteiger charge is -2.09. The van der Waals surface area contributed by atoms with Gasteiger partial charge in [0.15, 0.2) is 0 Å². The summed E-state index contributed by atoms with van der Waals surface area (Å²) in [6, 6.07) is 7.08. The maximum Gasteiger partial charge on any atom is 0.255 e. The van der Waals surface area contributed by atoms with Crippen molar-refractivity contribution in [2.75, 3.05) is 12.4 Å². The Morgan fingerprint density at radius 3 is 2.86 bits per heavy atom. The second-order valence-corrected chi connectivity index (χ2v) is 5.45. The summed E-state index contributed by atoms with van der Waals surface area (Å²) < 4.78 is 5.14. The van der Waals surface area contributed by atoms with Crippen LogP contribution in [0.2, 0.25) is 0 Å². The van der Waals surface area contributed by atoms with Gasteiger partial charge in [0, 0.05) is 5.56 Å². The van der Waals surface area contributed by atoms with Gasteiger partial charge in [-0.1, -0.05) is 19.9 Å². The number of amides is 1. The number of carbonyl (C=O) groups excluding carboxylic acids is 1. The van der Waals surface area contributed by atoms with Crippen molar-refractivity contribution in [1.82, 2.24) is 10.2 Å². The molecule has 5 heteroatoms. The summed E-state index contributed by atoms with van der Waals surface area (Å²) in [4.78, 5) is 12.4. The summed E-state index contributed by atoms with van der Waals surface area (Å²) >= 11 is 0. The number of nitrogens with one attached hydrogen (secondary N) is 2. The first kappa shape index (κ1) is 15.1. The van der Waals surface area contributed by atoms with Gasteiger partial charge in [-0.05, 0) is 37.5 Å². The molecule has 0 saturated heterocycles. The largest absolute Gasteiger partial charge is 0.497 e. The Balaban J connectivity index is 2.21. The molecule has 0 saturated carbocycles. The second-order valence-electron chi connectivity index (χ2n) is 5.45. The molecule has 2 aromatic rings. The molecule has 0 aliphatic heterocycles. The van der Waals surface area contributed by atoms with Gasteiger partial charge in [-0.3, -0.25) is 9.89 Å². The first-order valence-electron chi connectivity index (χ1n) is 7.00. The normalized spacial score (nSPS) is 10.7. The summed E-state index contributed by atoms with van der Waals surface area (Å²) in [6.45, 7) is 6.15. The molecule has 0 unspecified atom stereocenters. The molecule has 0 bridgehead atoms. The number of hydrogen-bond acceptors (Lipinski definition) is 3. The van der Waals surface area contributed by atoms with Crippen LogP contribution in [0.1, 0.15) is 35.6 Å². The molecular weight excluding hydrogens is 266 g/mol. The molecule has 0 spiro atoms. The fourth-order valence-corrected chi connectivity index (χ4v) is 2.13. The Labute approximate surface area is 124 Å². The van der Waals surface area contributed by atoms with Crippen LogP contribution in [0.4, 0.5) is 5.69 Å². The van der Waals surface area contributed by atoms with Gasteiger partial charge in [-0.15, -0.1) is 0 Å². The standard InChI is InChI=1S/C16H21N3O2/c1-10(2)8-14-15(11(3)18-19-14)17-16(20)12-6-5-7-13(9-12)21-4/h5-7,9-10H,8H2,1-4H3,(H,17,20)(H,18,19). The molecule has 112 valence electrons. The van der Waals surface area contributed by atoms with E-state index < -0.39 is 0 Å². The highest BCUT2D eigenvalue weighted by atomic mass is 16.5. The topological polar surface area (TPSA) is 67.0 Å². The van der Waals surface area contributed by atoms with E-state index in [2.05, 4.69) is 29.4 Å². The van der Waals surface area contributed by atoms with E-state index in [1.54, 1.807) is 25.3 Å². The summed E-state index contributed by atoms with van der Waals surface area (Å²) in [6.07, 6.45) is 0.818. The molecule has 0 aliphatic rings. The van der Waals surface area contributed by atoms with Crippen LogP contribution in [0.3, 0.4) is 0 Å². The van der Waals surface area contributed by atoms with E-state index in [-0.39, 0.29) is 5.91 Å². The van der Waals surface area contributed by atoms with E-state index >= 15 is 0 Å². The number of nitrogens with zero attached hydrogens (tertiary/aromatic N) is 1. The minimum Gasteiger partial charge on any atom is -0.497 e. The highest BCUT2D eigenvalue weighted by molar-refractivity contribution is 6.05. The minimum absolute atomic E-state index is 0.164. The Bertz CT molecular complexity index is 632. The third-order valence-electron chi connectivity index (χ3n) is 3.19. The van der Waals surface area contributed by atoms with Crippen molar-refractivity contribution in [3.63, 3.8) is 0 Å². The summed E-state index contributed by atoms with van der Waals surface area (Å²) in [5, 5.41) is 10.1. The molecule has 21 heavy (non-hydrogen) atoms. The Hall–Kier alpha value is -2.30. The van der Waals surface area contributed by atoms with Crippen LogP contribution in [-0.4, -0.2) is 23.2 Å². The van der Waals surface area contributed by atoms with Crippen molar-refractivity contribution in [1.29, 1.82) is 0 Å². The Morgan fingerprint density at radius 1 is 1.43 bits per heavy atom. The van der Waals surface area contributed by atoms with Crippen LogP contribution in [0, 0.1) is 12.8 Å². The third kappa shape index (κ3) is 3.62. The fourth-order valence-electron chi connectivity index (χ4n) is 2.13. The monoisotopic (exact) mass is 287 g/mol. The molecule has 2 rings (SSSR count). The molecule has 0 aliphatic carbocycles. The Morgan fingerprint density at radius 2 is 2.19 bits per heavy atom. The van der Waals surface area contributed by atoms with Crippen LogP contribution in [0.15, 0.2) is 24.3 Å². The highest BCUT2D eigenvalue weighted by Crippen LogP contribution is 2.22. The van der Waals surface area contributed by atoms with Crippen molar-refractivity contribution in [3.8, 4) is 5.75 Å². The number of H-pyrrole nitrogens is 1. The predicted molar refractivity (Wildman–Crippen MR) is 82.8 cm³/mol. The van der Waals surface area contributed by atoms with Gasteiger partial charge in [0.05, 0.1) is 24.2 Å². The second kappa shape index (κ2) is 6.43. The summed E-state index contributed by atoms with van der Waals surface area (Å²) in [7, 11) is 1.58. The molecule has 1 aromatic carbocycles. The number of benzene rings is 1. The molecule has 0 atom stereocenters. The number of aromatic amines is 1. The fraction of sp³-hybridized carbons (Fsp3) is 0.375. The quantitative estimate of drug-likeness (QED) is 0.887. The SMILES string of the molecule is COc1cccc(C(=O)Nc2c(CC(C)C)n[nH]c2C)c1. The molecule has 0 fully saturated rings. The molecule has 5 nitrogen and oxygen atoms in total. The highest BCUT2D eigenvalue weighted by Gasteiger charge is 2.15. The lowest BCUT2D eigenvalue weighted by atomic mass is 10.1. The molecular formula is C16H21N3O2. The third-order valence-corrected chi connectivity index (χ3v) is 3.19. The minimum atomic E-state index is -0.164. The first-order valence-corrected chi connectivity index (χ1v) is 7.00. The maximum atomic E-state index is 12.4. The number of aryl methyl sites for hydroxylation is 1. The van der Waals surface area contributed by atoms with E-state index in [1.165, 1.54) is 0 Å². The van der Waals surface area contributed by atoms with Gasteiger partial charge in [0.25, 0.3) is 5.91 Å². The average Bonchev–Trinajstić information content (AvgIpc) is 2.79. The maximum absolute atomic E-state index is 12.4. The number of ether oxygens (including phenoxy) is 1. The van der Waals surface area contributed by atoms with Gasteiger partial charge >= 0.3 is 0 Å². The van der Waals surface area contributed by atoms with Gasteiger partial charge in [-0.2, -0.15) is 5.10 Å². The van der Waals surface area contributed by atoms with Crippen molar-refractivity contribution < 1.29 is 9.53 Å². The summed E-state index contributed by atoms with van der Waals surface area (Å²) in [5.74, 6) is 0.970. The van der Waals surface area contributed by atoms with Crippen molar-refractivity contribution >= 4 is 11.6 Å². The number of anilines is 1. The zero-order valence-electron chi connectivity index (χ0n) is 12.9. The smallest absolute Gasteiger partial charge is 0.255 e. The zero-order chi connectivity index (χ0) is 15.4. The van der Waals surface area contributed by atoms with Crippen molar-refractivity contribution in [2.24, 2.45) is 5.92 Å². The molecule has 2 N–H and O–H groups in total. The molecule has 1 aromatic heterocycles. The van der Waals surface area contributed by atoms with Crippen molar-refractivity contribution in [2.45, 2.75) is 27.2 Å². The lowest BCUT2D eigenvalue weighted by molar-refractivity contribution is 0.102. The van der Waals surface area contributed by atoms with Gasteiger partial charge < -0.3 is 10.1 Å². The van der Waals surface area contributed by atoms with Gasteiger partial charge in [0.2, 0.25) is 0 Å². The van der Waals surface area contributed by atoms with E-state index in [0.29, 0.717) is 17.2 Å². The number of hydrogen-bond donors (Lipinski definition) is 2. The van der Waals surface area contributed by atoms with Gasteiger partial charge in [0.1, 0.15) is 5.75 Å². The molecule has 0 radical (unpaired) electrons. The van der Waals surface area contributed by atoms with Crippen LogP contribution in [-0.2, 0) is 6.42 Å². The van der Waals surface area contributed by atoms with Crippen LogP contribution in [0.5, 0.6) is 5.75 Å². The first-order chi connectivity index (χ1) is 10.0. The number of rotatable bonds is 5. The van der Waals surface area contributed by atoms with Crippen LogP contribution in [0.25, 0.3) is 0 Å². The molecule has 1 heterocycles. The lowest BCUT2D eigenvalue weighted by Crippen LogP contribution is -2.14. The van der Waals surface area contributed by atoms with E-state index in [1.807, 2.05) is 13.0 Å². The van der Waals surface area contributed by atoms with Crippen LogP contribution >= 0.6 is 0 Å². The summed E-state index contributed by atoms with van der Waals surface area (Å²) in [5.41, 5.74) is 3.09. The average molecular weight is 287 g/mol. The Kier molecular flexibility index (Phi) is 4.62. The zero-order valence-corrected chi connectivity index (χ0v) is 12.9. The number of methoxy groups -OCH3 is 1. The number of aromatic nitrogens is 2. The van der Waals surface area contributed by atoms with Gasteiger partial charge in [-0.25, -0.2) is 0 Å².